The number of carbonyl (C=O) groups is 2. The lowest BCUT2D eigenvalue weighted by Gasteiger charge is -2.19. The van der Waals surface area contributed by atoms with Gasteiger partial charge in [0.05, 0.1) is 5.69 Å². The summed E-state index contributed by atoms with van der Waals surface area (Å²) in [5.41, 5.74) is 1.44. The Balaban J connectivity index is 1.87. The molecule has 0 spiro atoms. The van der Waals surface area contributed by atoms with Crippen LogP contribution in [-0.2, 0) is 11.3 Å². The molecule has 2 aromatic rings. The summed E-state index contributed by atoms with van der Waals surface area (Å²) in [7, 11) is 0. The number of rotatable bonds is 3. The topological polar surface area (TPSA) is 60.9 Å². The van der Waals surface area contributed by atoms with E-state index in [0.717, 1.165) is 10.5 Å². The summed E-state index contributed by atoms with van der Waals surface area (Å²) in [5, 5.41) is 9.33. The van der Waals surface area contributed by atoms with Crippen LogP contribution in [0.2, 0.25) is 0 Å². The maximum absolute atomic E-state index is 12.6. The molecule has 112 valence electrons. The second-order valence-electron chi connectivity index (χ2n) is 5.26. The van der Waals surface area contributed by atoms with Crippen molar-refractivity contribution in [2.45, 2.75) is 19.5 Å². The molecule has 22 heavy (non-hydrogen) atoms. The van der Waals surface area contributed by atoms with E-state index in [-0.39, 0.29) is 17.7 Å². The SMILES string of the molecule is C[C@H]1C(=O)N(c2ccc(O)cc2)C(=O)N1Cc1ccccc1. The number of urea groups is 1. The molecule has 2 aromatic carbocycles. The summed E-state index contributed by atoms with van der Waals surface area (Å²) in [6.45, 7) is 2.12. The minimum atomic E-state index is -0.512. The van der Waals surface area contributed by atoms with E-state index in [0.29, 0.717) is 12.2 Å². The summed E-state index contributed by atoms with van der Waals surface area (Å²) >= 11 is 0. The molecule has 5 nitrogen and oxygen atoms in total. The van der Waals surface area contributed by atoms with Crippen LogP contribution >= 0.6 is 0 Å². The van der Waals surface area contributed by atoms with Crippen LogP contribution in [0.1, 0.15) is 12.5 Å². The van der Waals surface area contributed by atoms with Crippen molar-refractivity contribution in [3.63, 3.8) is 0 Å². The maximum Gasteiger partial charge on any atom is 0.332 e. The summed E-state index contributed by atoms with van der Waals surface area (Å²) in [4.78, 5) is 27.7. The van der Waals surface area contributed by atoms with Gasteiger partial charge in [-0.1, -0.05) is 30.3 Å². The van der Waals surface area contributed by atoms with Gasteiger partial charge in [0.2, 0.25) is 0 Å². The summed E-state index contributed by atoms with van der Waals surface area (Å²) < 4.78 is 0. The van der Waals surface area contributed by atoms with Crippen LogP contribution in [0.15, 0.2) is 54.6 Å². The molecule has 0 aliphatic carbocycles. The van der Waals surface area contributed by atoms with Gasteiger partial charge in [0.1, 0.15) is 11.8 Å². The van der Waals surface area contributed by atoms with Crippen LogP contribution in [0.5, 0.6) is 5.75 Å². The third kappa shape index (κ3) is 2.41. The van der Waals surface area contributed by atoms with E-state index in [9.17, 15) is 14.7 Å². The predicted molar refractivity (Wildman–Crippen MR) is 82.4 cm³/mol. The molecular weight excluding hydrogens is 280 g/mol. The average Bonchev–Trinajstić information content (AvgIpc) is 2.73. The molecule has 0 radical (unpaired) electrons. The first-order valence-electron chi connectivity index (χ1n) is 7.05. The van der Waals surface area contributed by atoms with E-state index < -0.39 is 6.04 Å². The van der Waals surface area contributed by atoms with Crippen molar-refractivity contribution in [3.05, 3.63) is 60.2 Å². The van der Waals surface area contributed by atoms with E-state index in [2.05, 4.69) is 0 Å². The number of carbonyl (C=O) groups excluding carboxylic acids is 2. The number of imide groups is 1. The first kappa shape index (κ1) is 14.1. The highest BCUT2D eigenvalue weighted by Crippen LogP contribution is 2.27. The number of phenols is 1. The van der Waals surface area contributed by atoms with Crippen molar-refractivity contribution in [1.29, 1.82) is 0 Å². The molecule has 1 atom stereocenters. The van der Waals surface area contributed by atoms with Gasteiger partial charge in [0, 0.05) is 6.54 Å². The van der Waals surface area contributed by atoms with Crippen LogP contribution in [-0.4, -0.2) is 28.0 Å². The van der Waals surface area contributed by atoms with Crippen LogP contribution in [0.3, 0.4) is 0 Å². The van der Waals surface area contributed by atoms with Crippen molar-refractivity contribution in [1.82, 2.24) is 4.90 Å². The number of amides is 3. The molecule has 0 bridgehead atoms. The summed E-state index contributed by atoms with van der Waals surface area (Å²) in [6, 6.07) is 14.7. The van der Waals surface area contributed by atoms with Gasteiger partial charge in [-0.25, -0.2) is 9.69 Å². The third-order valence-corrected chi connectivity index (χ3v) is 3.79. The Morgan fingerprint density at radius 1 is 1.00 bits per heavy atom. The largest absolute Gasteiger partial charge is 0.508 e. The molecule has 5 heteroatoms. The van der Waals surface area contributed by atoms with Gasteiger partial charge in [-0.05, 0) is 36.8 Å². The van der Waals surface area contributed by atoms with E-state index in [1.165, 1.54) is 12.1 Å². The maximum atomic E-state index is 12.6. The zero-order chi connectivity index (χ0) is 15.7. The lowest BCUT2D eigenvalue weighted by molar-refractivity contribution is -0.119. The minimum Gasteiger partial charge on any atom is -0.508 e. The van der Waals surface area contributed by atoms with E-state index in [4.69, 9.17) is 0 Å². The Morgan fingerprint density at radius 2 is 1.64 bits per heavy atom. The Labute approximate surface area is 128 Å². The quantitative estimate of drug-likeness (QED) is 0.886. The van der Waals surface area contributed by atoms with Gasteiger partial charge in [-0.2, -0.15) is 0 Å². The smallest absolute Gasteiger partial charge is 0.332 e. The van der Waals surface area contributed by atoms with E-state index in [1.54, 1.807) is 24.0 Å². The fraction of sp³-hybridized carbons (Fsp3) is 0.176. The van der Waals surface area contributed by atoms with Crippen LogP contribution in [0.4, 0.5) is 10.5 Å². The number of aromatic hydroxyl groups is 1. The fourth-order valence-corrected chi connectivity index (χ4v) is 2.53. The van der Waals surface area contributed by atoms with Crippen LogP contribution in [0.25, 0.3) is 0 Å². The van der Waals surface area contributed by atoms with Gasteiger partial charge < -0.3 is 10.0 Å². The standard InChI is InChI=1S/C17H16N2O3/c1-12-16(21)19(14-7-9-15(20)10-8-14)17(22)18(12)11-13-5-3-2-4-6-13/h2-10,12,20H,11H2,1H3/t12-/m0/s1. The first-order chi connectivity index (χ1) is 10.6. The molecule has 3 amide bonds. The number of benzene rings is 2. The van der Waals surface area contributed by atoms with Gasteiger partial charge in [0.25, 0.3) is 5.91 Å². The van der Waals surface area contributed by atoms with Crippen molar-refractivity contribution >= 4 is 17.6 Å². The molecule has 0 unspecified atom stereocenters. The lowest BCUT2D eigenvalue weighted by atomic mass is 10.2. The Hall–Kier alpha value is -2.82. The summed E-state index contributed by atoms with van der Waals surface area (Å²) in [6.07, 6.45) is 0. The normalized spacial score (nSPS) is 18.1. The second-order valence-corrected chi connectivity index (χ2v) is 5.26. The van der Waals surface area contributed by atoms with E-state index in [1.807, 2.05) is 30.3 Å². The van der Waals surface area contributed by atoms with Crippen LogP contribution in [0, 0.1) is 0 Å². The number of hydrogen-bond acceptors (Lipinski definition) is 3. The highest BCUT2D eigenvalue weighted by Gasteiger charge is 2.43. The average molecular weight is 296 g/mol. The summed E-state index contributed by atoms with van der Waals surface area (Å²) in [5.74, 6) is -0.163. The Kier molecular flexibility index (Phi) is 3.55. The highest BCUT2D eigenvalue weighted by molar-refractivity contribution is 6.21. The molecule has 1 N–H and O–H groups in total. The predicted octanol–water partition coefficient (Wildman–Crippen LogP) is 2.75. The van der Waals surface area contributed by atoms with Gasteiger partial charge in [-0.3, -0.25) is 4.79 Å². The second kappa shape index (κ2) is 5.52. The van der Waals surface area contributed by atoms with E-state index >= 15 is 0 Å². The third-order valence-electron chi connectivity index (χ3n) is 3.79. The van der Waals surface area contributed by atoms with Gasteiger partial charge >= 0.3 is 6.03 Å². The number of hydrogen-bond donors (Lipinski definition) is 1. The molecule has 3 rings (SSSR count). The molecule has 1 aliphatic rings. The molecule has 1 saturated heterocycles. The molecular formula is C17H16N2O3. The lowest BCUT2D eigenvalue weighted by Crippen LogP contribution is -2.33. The first-order valence-corrected chi connectivity index (χ1v) is 7.05. The number of phenolic OH excluding ortho intramolecular Hbond substituents is 1. The van der Waals surface area contributed by atoms with Crippen molar-refractivity contribution in [3.8, 4) is 5.75 Å². The zero-order valence-electron chi connectivity index (χ0n) is 12.1. The van der Waals surface area contributed by atoms with Crippen LogP contribution < -0.4 is 4.90 Å². The Morgan fingerprint density at radius 3 is 2.27 bits per heavy atom. The Bertz CT molecular complexity index is 698. The van der Waals surface area contributed by atoms with Crippen molar-refractivity contribution in [2.75, 3.05) is 4.90 Å². The number of nitrogens with zero attached hydrogens (tertiary/aromatic N) is 2. The molecule has 1 heterocycles. The fourth-order valence-electron chi connectivity index (χ4n) is 2.53. The number of anilines is 1. The molecule has 0 saturated carbocycles. The van der Waals surface area contributed by atoms with Crippen molar-refractivity contribution < 1.29 is 14.7 Å². The van der Waals surface area contributed by atoms with Gasteiger partial charge in [-0.15, -0.1) is 0 Å². The molecule has 1 fully saturated rings. The monoisotopic (exact) mass is 296 g/mol. The highest BCUT2D eigenvalue weighted by atomic mass is 16.3. The molecule has 0 aromatic heterocycles. The van der Waals surface area contributed by atoms with Gasteiger partial charge in [0.15, 0.2) is 0 Å². The minimum absolute atomic E-state index is 0.0945. The molecule has 1 aliphatic heterocycles. The van der Waals surface area contributed by atoms with Crippen molar-refractivity contribution in [2.24, 2.45) is 0 Å². The zero-order valence-corrected chi connectivity index (χ0v) is 12.1.